The molecule has 8 N–H and O–H groups in total. The third-order valence-electron chi connectivity index (χ3n) is 4.56. The van der Waals surface area contributed by atoms with Crippen molar-refractivity contribution in [2.45, 2.75) is 16.7 Å². The number of benzene rings is 2. The van der Waals surface area contributed by atoms with E-state index in [1.807, 2.05) is 6.07 Å². The van der Waals surface area contributed by atoms with Gasteiger partial charge in [0.05, 0.1) is 27.1 Å². The first-order valence-electron chi connectivity index (χ1n) is 10.2. The topological polar surface area (TPSA) is 242 Å². The van der Waals surface area contributed by atoms with Crippen molar-refractivity contribution in [1.82, 2.24) is 10.0 Å². The third kappa shape index (κ3) is 8.40. The first kappa shape index (κ1) is 28.9. The lowest BCUT2D eigenvalue weighted by Crippen LogP contribution is -2.32. The van der Waals surface area contributed by atoms with E-state index in [9.17, 15) is 26.2 Å². The van der Waals surface area contributed by atoms with Gasteiger partial charge in [-0.15, -0.1) is 0 Å². The Hall–Kier alpha value is -4.30. The largest absolute Gasteiger partial charge is 0.370 e. The van der Waals surface area contributed by atoms with Gasteiger partial charge in [0.1, 0.15) is 5.82 Å². The van der Waals surface area contributed by atoms with Gasteiger partial charge in [-0.2, -0.15) is 23.7 Å². The molecule has 0 atom stereocenters. The van der Waals surface area contributed by atoms with E-state index in [1.54, 1.807) is 6.92 Å². The van der Waals surface area contributed by atoms with Crippen LogP contribution in [-0.2, 0) is 20.1 Å². The number of nitrogens with zero attached hydrogens (tertiary/aromatic N) is 3. The molecule has 0 spiro atoms. The molecule has 0 aliphatic carbocycles. The average molecular weight is 549 g/mol. The zero-order valence-corrected chi connectivity index (χ0v) is 21.1. The molecule has 2 rings (SSSR count). The van der Waals surface area contributed by atoms with Gasteiger partial charge < -0.3 is 22.1 Å². The summed E-state index contributed by atoms with van der Waals surface area (Å²) in [6, 6.07) is 9.27. The van der Waals surface area contributed by atoms with E-state index in [4.69, 9.17) is 16.7 Å². The number of carbonyl (C=O) groups is 1. The summed E-state index contributed by atoms with van der Waals surface area (Å²) in [6.07, 6.45) is 0.427. The summed E-state index contributed by atoms with van der Waals surface area (Å²) in [5.41, 5.74) is 11.6. The zero-order valence-electron chi connectivity index (χ0n) is 19.5. The molecule has 14 nitrogen and oxygen atoms in total. The summed E-state index contributed by atoms with van der Waals surface area (Å²) in [5.74, 6) is -0.745. The van der Waals surface area contributed by atoms with Crippen LogP contribution in [0.5, 0.6) is 0 Å². The number of hydrogen-bond donors (Lipinski definition) is 6. The minimum absolute atomic E-state index is 0.00883. The van der Waals surface area contributed by atoms with Crippen LogP contribution in [0.3, 0.4) is 0 Å². The van der Waals surface area contributed by atoms with Gasteiger partial charge in [0.2, 0.25) is 16.0 Å². The molecule has 196 valence electrons. The highest BCUT2D eigenvalue weighted by Crippen LogP contribution is 2.20. The Balaban J connectivity index is 2.12. The van der Waals surface area contributed by atoms with Crippen LogP contribution in [-0.4, -0.2) is 52.7 Å². The molecule has 2 aromatic carbocycles. The third-order valence-corrected chi connectivity index (χ3v) is 6.87. The Morgan fingerprint density at radius 3 is 2.38 bits per heavy atom. The maximum absolute atomic E-state index is 12.5. The average Bonchev–Trinajstić information content (AvgIpc) is 2.81. The lowest BCUT2D eigenvalue weighted by molar-refractivity contribution is 0.112. The monoisotopic (exact) mass is 548 g/mol. The molecule has 0 saturated heterocycles. The highest BCUT2D eigenvalue weighted by Gasteiger charge is 2.16. The molecule has 37 heavy (non-hydrogen) atoms. The lowest BCUT2D eigenvalue weighted by Gasteiger charge is -2.12. The molecule has 0 aliphatic rings. The van der Waals surface area contributed by atoms with Gasteiger partial charge in [0, 0.05) is 18.7 Å². The number of carbonyl (C=O) groups excluding carboxylic acids is 1. The van der Waals surface area contributed by atoms with Crippen molar-refractivity contribution >= 4 is 44.0 Å². The van der Waals surface area contributed by atoms with E-state index < -0.39 is 31.0 Å². The van der Waals surface area contributed by atoms with Gasteiger partial charge in [0.25, 0.3) is 10.1 Å². The maximum Gasteiger partial charge on any atom is 0.294 e. The van der Waals surface area contributed by atoms with E-state index in [0.29, 0.717) is 11.8 Å². The number of rotatable bonds is 10. The van der Waals surface area contributed by atoms with E-state index in [2.05, 4.69) is 31.9 Å². The SMILES string of the molecule is C=C(N=C(N=C(N)N)Nc1cc(S(=O)(=O)O)ccc1C=O)NCCNS(=O)(=O)c1ccc(C)c(C#N)c1. The number of nitriles is 1. The van der Waals surface area contributed by atoms with Crippen LogP contribution in [0, 0.1) is 18.3 Å². The van der Waals surface area contributed by atoms with Crippen molar-refractivity contribution in [1.29, 1.82) is 5.26 Å². The predicted octanol–water partition coefficient (Wildman–Crippen LogP) is 0.00650. The van der Waals surface area contributed by atoms with Crippen LogP contribution >= 0.6 is 0 Å². The standard InChI is InChI=1S/C21H24N8O6S2/c1-13-3-5-17(9-16(13)11-22)36(31,32)26-8-7-25-14(2)27-21(29-20(23)24)28-19-10-18(37(33,34)35)6-4-15(19)12-30/h3-6,9-10,12,25-26H,2,7-8H2,1H3,(H,33,34,35)(H5,23,24,27,28,29). The molecule has 0 radical (unpaired) electrons. The van der Waals surface area contributed by atoms with Crippen LogP contribution in [0.4, 0.5) is 5.69 Å². The number of guanidine groups is 2. The molecule has 2 aromatic rings. The number of aryl methyl sites for hydroxylation is 1. The van der Waals surface area contributed by atoms with E-state index in [1.165, 1.54) is 18.2 Å². The van der Waals surface area contributed by atoms with Gasteiger partial charge in [-0.25, -0.2) is 13.1 Å². The maximum atomic E-state index is 12.5. The number of nitrogens with one attached hydrogen (secondary N) is 3. The summed E-state index contributed by atoms with van der Waals surface area (Å²) >= 11 is 0. The summed E-state index contributed by atoms with van der Waals surface area (Å²) in [7, 11) is -8.46. The second kappa shape index (κ2) is 12.1. The van der Waals surface area contributed by atoms with E-state index in [-0.39, 0.29) is 46.6 Å². The number of hydrogen-bond acceptors (Lipinski definition) is 8. The quantitative estimate of drug-likeness (QED) is 0.0759. The highest BCUT2D eigenvalue weighted by molar-refractivity contribution is 7.89. The van der Waals surface area contributed by atoms with Crippen molar-refractivity contribution in [3.8, 4) is 6.07 Å². The fourth-order valence-corrected chi connectivity index (χ4v) is 4.33. The van der Waals surface area contributed by atoms with Crippen molar-refractivity contribution < 1.29 is 26.2 Å². The second-order valence-electron chi connectivity index (χ2n) is 7.30. The Labute approximate surface area is 213 Å². The number of anilines is 1. The van der Waals surface area contributed by atoms with Crippen LogP contribution < -0.4 is 26.8 Å². The van der Waals surface area contributed by atoms with Crippen molar-refractivity contribution in [2.24, 2.45) is 21.5 Å². The number of aliphatic imine (C=N–C) groups is 2. The van der Waals surface area contributed by atoms with Gasteiger partial charge in [0.15, 0.2) is 12.2 Å². The first-order chi connectivity index (χ1) is 17.3. The molecule has 0 unspecified atom stereocenters. The van der Waals surface area contributed by atoms with Crippen LogP contribution in [0.2, 0.25) is 0 Å². The van der Waals surface area contributed by atoms with Crippen LogP contribution in [0.15, 0.2) is 68.6 Å². The molecule has 0 aromatic heterocycles. The number of nitrogens with two attached hydrogens (primary N) is 2. The molecule has 0 aliphatic heterocycles. The van der Waals surface area contributed by atoms with Gasteiger partial charge in [-0.3, -0.25) is 9.35 Å². The number of aldehydes is 1. The Morgan fingerprint density at radius 2 is 1.78 bits per heavy atom. The molecule has 0 amide bonds. The van der Waals surface area contributed by atoms with E-state index in [0.717, 1.165) is 18.2 Å². The lowest BCUT2D eigenvalue weighted by atomic mass is 10.1. The summed E-state index contributed by atoms with van der Waals surface area (Å²) < 4.78 is 59.5. The predicted molar refractivity (Wildman–Crippen MR) is 137 cm³/mol. The Morgan fingerprint density at radius 1 is 1.11 bits per heavy atom. The minimum Gasteiger partial charge on any atom is -0.370 e. The van der Waals surface area contributed by atoms with Crippen LogP contribution in [0.1, 0.15) is 21.5 Å². The fraction of sp³-hybridized carbons (Fsp3) is 0.143. The van der Waals surface area contributed by atoms with Crippen molar-refractivity contribution in [2.75, 3.05) is 18.4 Å². The van der Waals surface area contributed by atoms with Gasteiger partial charge in [-0.1, -0.05) is 12.6 Å². The molecule has 0 bridgehead atoms. The summed E-state index contributed by atoms with van der Waals surface area (Å²) in [5, 5.41) is 14.4. The molecule has 0 fully saturated rings. The van der Waals surface area contributed by atoms with Gasteiger partial charge in [-0.05, 0) is 42.8 Å². The normalized spacial score (nSPS) is 11.8. The molecular formula is C21H24N8O6S2. The van der Waals surface area contributed by atoms with Gasteiger partial charge >= 0.3 is 0 Å². The Kier molecular flexibility index (Phi) is 9.46. The fourth-order valence-electron chi connectivity index (χ4n) is 2.76. The second-order valence-corrected chi connectivity index (χ2v) is 10.5. The minimum atomic E-state index is -4.57. The zero-order chi connectivity index (χ0) is 27.8. The highest BCUT2D eigenvalue weighted by atomic mass is 32.2. The summed E-state index contributed by atoms with van der Waals surface area (Å²) in [6.45, 7) is 5.30. The molecule has 0 saturated carbocycles. The van der Waals surface area contributed by atoms with Crippen molar-refractivity contribution in [3.63, 3.8) is 0 Å². The Bertz CT molecular complexity index is 1520. The smallest absolute Gasteiger partial charge is 0.294 e. The molecular weight excluding hydrogens is 524 g/mol. The number of sulfonamides is 1. The summed E-state index contributed by atoms with van der Waals surface area (Å²) in [4.78, 5) is 18.6. The van der Waals surface area contributed by atoms with Crippen molar-refractivity contribution in [3.05, 3.63) is 65.5 Å². The van der Waals surface area contributed by atoms with Crippen LogP contribution in [0.25, 0.3) is 0 Å². The first-order valence-corrected chi connectivity index (χ1v) is 13.1. The molecule has 16 heteroatoms. The molecule has 0 heterocycles. The van der Waals surface area contributed by atoms with E-state index >= 15 is 0 Å².